The topological polar surface area (TPSA) is 70.8 Å². The van der Waals surface area contributed by atoms with Crippen molar-refractivity contribution in [3.63, 3.8) is 0 Å². The first-order valence-corrected chi connectivity index (χ1v) is 9.13. The smallest absolute Gasteiger partial charge is 0.330 e. The largest absolute Gasteiger partial charge is 0.457 e. The van der Waals surface area contributed by atoms with Gasteiger partial charge in [0.15, 0.2) is 6.29 Å². The minimum absolute atomic E-state index is 0.153. The van der Waals surface area contributed by atoms with E-state index < -0.39 is 5.60 Å². The van der Waals surface area contributed by atoms with Crippen molar-refractivity contribution >= 4 is 5.97 Å². The molecule has 138 valence electrons. The standard InChI is InChI=1S/C19H33NO4/c1-14(17-22-12-7-13-23-17)15-8-5-10-19(15,20)11-6-9-16(21)24-18(2,3)4/h6,9,14-15,17H,5,7-8,10-13,20H2,1-4H3/b9-6+/t14-,15-,19+/m0/s1. The van der Waals surface area contributed by atoms with Gasteiger partial charge in [-0.25, -0.2) is 4.79 Å². The van der Waals surface area contributed by atoms with Gasteiger partial charge in [-0.2, -0.15) is 0 Å². The van der Waals surface area contributed by atoms with E-state index in [4.69, 9.17) is 19.9 Å². The maximum Gasteiger partial charge on any atom is 0.330 e. The van der Waals surface area contributed by atoms with Crippen LogP contribution in [-0.4, -0.2) is 36.6 Å². The van der Waals surface area contributed by atoms with E-state index >= 15 is 0 Å². The Kier molecular flexibility index (Phi) is 6.46. The summed E-state index contributed by atoms with van der Waals surface area (Å²) in [6.45, 7) is 9.28. The van der Waals surface area contributed by atoms with E-state index in [2.05, 4.69) is 6.92 Å². The van der Waals surface area contributed by atoms with Crippen LogP contribution >= 0.6 is 0 Å². The maximum atomic E-state index is 11.8. The van der Waals surface area contributed by atoms with Gasteiger partial charge in [0.05, 0.1) is 13.2 Å². The van der Waals surface area contributed by atoms with Crippen LogP contribution in [0.15, 0.2) is 12.2 Å². The molecule has 1 saturated heterocycles. The Morgan fingerprint density at radius 3 is 2.62 bits per heavy atom. The van der Waals surface area contributed by atoms with Crippen LogP contribution in [0.5, 0.6) is 0 Å². The van der Waals surface area contributed by atoms with Crippen LogP contribution in [0.1, 0.15) is 59.8 Å². The number of carbonyl (C=O) groups excluding carboxylic acids is 1. The van der Waals surface area contributed by atoms with E-state index in [0.717, 1.165) is 38.9 Å². The molecule has 1 saturated carbocycles. The molecule has 2 rings (SSSR count). The van der Waals surface area contributed by atoms with Crippen molar-refractivity contribution in [2.24, 2.45) is 17.6 Å². The average molecular weight is 339 g/mol. The molecule has 2 aliphatic rings. The molecule has 1 heterocycles. The Morgan fingerprint density at radius 2 is 2.00 bits per heavy atom. The minimum Gasteiger partial charge on any atom is -0.457 e. The molecule has 0 aromatic carbocycles. The molecule has 0 aromatic rings. The molecule has 2 N–H and O–H groups in total. The van der Waals surface area contributed by atoms with Crippen molar-refractivity contribution in [2.75, 3.05) is 13.2 Å². The van der Waals surface area contributed by atoms with E-state index in [1.54, 1.807) is 0 Å². The summed E-state index contributed by atoms with van der Waals surface area (Å²) >= 11 is 0. The third kappa shape index (κ3) is 5.30. The molecule has 3 atom stereocenters. The molecule has 0 spiro atoms. The fraction of sp³-hybridized carbons (Fsp3) is 0.842. The summed E-state index contributed by atoms with van der Waals surface area (Å²) in [5.41, 5.74) is 5.94. The van der Waals surface area contributed by atoms with Gasteiger partial charge in [-0.1, -0.05) is 19.4 Å². The van der Waals surface area contributed by atoms with Crippen molar-refractivity contribution in [1.29, 1.82) is 0 Å². The summed E-state index contributed by atoms with van der Waals surface area (Å²) in [6, 6.07) is 0. The average Bonchev–Trinajstić information content (AvgIpc) is 2.87. The highest BCUT2D eigenvalue weighted by Crippen LogP contribution is 2.43. The minimum atomic E-state index is -0.470. The Hall–Kier alpha value is -0.910. The molecule has 24 heavy (non-hydrogen) atoms. The van der Waals surface area contributed by atoms with Crippen molar-refractivity contribution in [1.82, 2.24) is 0 Å². The second-order valence-corrected chi connectivity index (χ2v) is 8.19. The molecule has 5 heteroatoms. The van der Waals surface area contributed by atoms with Gasteiger partial charge in [0.1, 0.15) is 5.60 Å². The van der Waals surface area contributed by atoms with Gasteiger partial charge in [-0.05, 0) is 52.4 Å². The van der Waals surface area contributed by atoms with E-state index in [-0.39, 0.29) is 23.7 Å². The number of rotatable bonds is 5. The number of hydrogen-bond acceptors (Lipinski definition) is 5. The van der Waals surface area contributed by atoms with E-state index in [1.165, 1.54) is 6.08 Å². The molecule has 1 aliphatic heterocycles. The lowest BCUT2D eigenvalue weighted by Gasteiger charge is -2.39. The quantitative estimate of drug-likeness (QED) is 0.615. The van der Waals surface area contributed by atoms with Gasteiger partial charge in [0.2, 0.25) is 0 Å². The van der Waals surface area contributed by atoms with Crippen LogP contribution in [0.25, 0.3) is 0 Å². The lowest BCUT2D eigenvalue weighted by atomic mass is 9.77. The molecular formula is C19H33NO4. The zero-order chi connectivity index (χ0) is 17.8. The Bertz CT molecular complexity index is 451. The molecule has 0 aromatic heterocycles. The first-order valence-electron chi connectivity index (χ1n) is 9.13. The van der Waals surface area contributed by atoms with E-state index in [9.17, 15) is 4.79 Å². The zero-order valence-corrected chi connectivity index (χ0v) is 15.5. The van der Waals surface area contributed by atoms with Gasteiger partial charge >= 0.3 is 5.97 Å². The Labute approximate surface area is 145 Å². The summed E-state index contributed by atoms with van der Waals surface area (Å²) in [5.74, 6) is 0.282. The van der Waals surface area contributed by atoms with Gasteiger partial charge in [0, 0.05) is 17.5 Å². The third-order valence-electron chi connectivity index (χ3n) is 4.97. The van der Waals surface area contributed by atoms with Gasteiger partial charge < -0.3 is 19.9 Å². The number of hydrogen-bond donors (Lipinski definition) is 1. The second kappa shape index (κ2) is 7.98. The Balaban J connectivity index is 1.93. The van der Waals surface area contributed by atoms with E-state index in [0.29, 0.717) is 12.3 Å². The highest BCUT2D eigenvalue weighted by Gasteiger charge is 2.44. The third-order valence-corrected chi connectivity index (χ3v) is 4.97. The van der Waals surface area contributed by atoms with Crippen LogP contribution in [0.2, 0.25) is 0 Å². The van der Waals surface area contributed by atoms with Crippen molar-refractivity contribution in [3.05, 3.63) is 12.2 Å². The lowest BCUT2D eigenvalue weighted by Crippen LogP contribution is -2.49. The maximum absolute atomic E-state index is 11.8. The summed E-state index contributed by atoms with van der Waals surface area (Å²) in [6.07, 6.45) is 8.01. The summed E-state index contributed by atoms with van der Waals surface area (Å²) in [4.78, 5) is 11.8. The van der Waals surface area contributed by atoms with Crippen LogP contribution in [0, 0.1) is 11.8 Å². The SMILES string of the molecule is C[C@H](C1OCCCO1)[C@@H]1CCC[C@@]1(N)C/C=C/C(=O)OC(C)(C)C. The number of esters is 1. The number of carbonyl (C=O) groups is 1. The van der Waals surface area contributed by atoms with Crippen molar-refractivity contribution < 1.29 is 19.0 Å². The second-order valence-electron chi connectivity index (χ2n) is 8.19. The molecular weight excluding hydrogens is 306 g/mol. The normalized spacial score (nSPS) is 30.6. The van der Waals surface area contributed by atoms with Gasteiger partial charge in [-0.15, -0.1) is 0 Å². The Morgan fingerprint density at radius 1 is 1.33 bits per heavy atom. The molecule has 5 nitrogen and oxygen atoms in total. The first kappa shape index (κ1) is 19.4. The molecule has 2 fully saturated rings. The predicted octanol–water partition coefficient (Wildman–Crippen LogP) is 3.17. The highest BCUT2D eigenvalue weighted by atomic mass is 16.7. The molecule has 0 radical (unpaired) electrons. The number of ether oxygens (including phenoxy) is 3. The van der Waals surface area contributed by atoms with Crippen LogP contribution in [0.3, 0.4) is 0 Å². The fourth-order valence-corrected chi connectivity index (χ4v) is 3.87. The fourth-order valence-electron chi connectivity index (χ4n) is 3.87. The van der Waals surface area contributed by atoms with Gasteiger partial charge in [-0.3, -0.25) is 0 Å². The highest BCUT2D eigenvalue weighted by molar-refractivity contribution is 5.82. The monoisotopic (exact) mass is 339 g/mol. The molecule has 0 unspecified atom stereocenters. The summed E-state index contributed by atoms with van der Waals surface area (Å²) in [5, 5.41) is 0. The zero-order valence-electron chi connectivity index (χ0n) is 15.5. The van der Waals surface area contributed by atoms with Crippen LogP contribution in [0.4, 0.5) is 0 Å². The summed E-state index contributed by atoms with van der Waals surface area (Å²) in [7, 11) is 0. The number of nitrogens with two attached hydrogens (primary N) is 1. The van der Waals surface area contributed by atoms with Crippen molar-refractivity contribution in [2.45, 2.75) is 77.2 Å². The van der Waals surface area contributed by atoms with Gasteiger partial charge in [0.25, 0.3) is 0 Å². The molecule has 0 amide bonds. The predicted molar refractivity (Wildman–Crippen MR) is 93.3 cm³/mol. The van der Waals surface area contributed by atoms with Crippen LogP contribution < -0.4 is 5.73 Å². The molecule has 1 aliphatic carbocycles. The molecule has 0 bridgehead atoms. The first-order chi connectivity index (χ1) is 11.2. The lowest BCUT2D eigenvalue weighted by molar-refractivity contribution is -0.212. The van der Waals surface area contributed by atoms with Crippen molar-refractivity contribution in [3.8, 4) is 0 Å². The van der Waals surface area contributed by atoms with E-state index in [1.807, 2.05) is 26.8 Å². The summed E-state index contributed by atoms with van der Waals surface area (Å²) < 4.78 is 16.8. The van der Waals surface area contributed by atoms with Crippen LogP contribution in [-0.2, 0) is 19.0 Å².